The third-order valence-corrected chi connectivity index (χ3v) is 10.8. The Bertz CT molecular complexity index is 1610. The molecule has 14 nitrogen and oxygen atoms in total. The molecule has 0 unspecified atom stereocenters. The number of ether oxygens (including phenoxy) is 1. The fourth-order valence-corrected chi connectivity index (χ4v) is 7.21. The van der Waals surface area contributed by atoms with Gasteiger partial charge in [-0.1, -0.05) is 26.8 Å². The Balaban J connectivity index is 1.33. The first-order valence-electron chi connectivity index (χ1n) is 16.3. The minimum Gasteiger partial charge on any atom is -0.446 e. The molecule has 5 N–H and O–H groups in total. The van der Waals surface area contributed by atoms with Crippen LogP contribution in [0.3, 0.4) is 0 Å². The fourth-order valence-electron chi connectivity index (χ4n) is 5.85. The van der Waals surface area contributed by atoms with Gasteiger partial charge in [0, 0.05) is 30.5 Å². The summed E-state index contributed by atoms with van der Waals surface area (Å²) in [4.78, 5) is 53.8. The van der Waals surface area contributed by atoms with Crippen LogP contribution in [0.15, 0.2) is 55.4 Å². The van der Waals surface area contributed by atoms with Crippen molar-refractivity contribution in [2.75, 3.05) is 11.9 Å². The van der Waals surface area contributed by atoms with Gasteiger partial charge in [0.15, 0.2) is 0 Å². The van der Waals surface area contributed by atoms with Crippen LogP contribution in [-0.2, 0) is 29.1 Å². The number of nitrogens with one attached hydrogen (secondary N) is 5. The number of nitrogens with zero attached hydrogens (tertiary/aromatic N) is 2. The lowest BCUT2D eigenvalue weighted by atomic mass is 9.86. The number of hydrogen-bond donors (Lipinski definition) is 5. The van der Waals surface area contributed by atoms with Gasteiger partial charge in [0.1, 0.15) is 23.7 Å². The zero-order valence-electron chi connectivity index (χ0n) is 27.5. The monoisotopic (exact) mass is 683 g/mol. The molecule has 48 heavy (non-hydrogen) atoms. The molecule has 3 aliphatic rings. The maximum Gasteiger partial charge on any atom is 0.408 e. The summed E-state index contributed by atoms with van der Waals surface area (Å²) in [5.74, 6) is -2.70. The highest BCUT2D eigenvalue weighted by atomic mass is 32.2. The van der Waals surface area contributed by atoms with Gasteiger partial charge in [0.2, 0.25) is 21.8 Å². The number of aromatic nitrogens is 2. The van der Waals surface area contributed by atoms with Gasteiger partial charge in [-0.15, -0.1) is 6.58 Å². The van der Waals surface area contributed by atoms with E-state index in [-0.39, 0.29) is 19.1 Å². The molecule has 0 bridgehead atoms. The normalized spacial score (nSPS) is 22.1. The Labute approximate surface area is 280 Å². The van der Waals surface area contributed by atoms with Crippen LogP contribution in [0.5, 0.6) is 0 Å². The number of carbonyl (C=O) groups is 4. The van der Waals surface area contributed by atoms with Gasteiger partial charge < -0.3 is 26.0 Å². The first-order valence-corrected chi connectivity index (χ1v) is 17.9. The standard InChI is InChI=1S/C33H45N7O7S/c1-5-21-19-33(21,30(43)39-48(45,46)25-15-16-25)38-28(41)26(20-34-22-11-13-23(14-12-22)40-18-8-17-35-40)36-29(42)27(32(2,3)4)37-31(44)47-24-9-6-7-10-24/h5,8,11-14,17-18,21,24-27,34H,1,6-7,9-10,15-16,19-20H2,2-4H3,(H,36,42)(H,37,44)(H,38,41)(H,39,43)/t21-,26+,27-,33-/m1/s1. The summed E-state index contributed by atoms with van der Waals surface area (Å²) in [6.07, 6.45) is 8.58. The van der Waals surface area contributed by atoms with Crippen LogP contribution in [-0.4, -0.2) is 77.5 Å². The molecule has 1 aromatic carbocycles. The largest absolute Gasteiger partial charge is 0.446 e. The molecule has 4 atom stereocenters. The molecule has 1 aromatic heterocycles. The Morgan fingerprint density at radius 1 is 1.06 bits per heavy atom. The molecule has 1 heterocycles. The van der Waals surface area contributed by atoms with E-state index in [0.717, 1.165) is 31.4 Å². The highest BCUT2D eigenvalue weighted by molar-refractivity contribution is 7.91. The lowest BCUT2D eigenvalue weighted by Gasteiger charge is -2.32. The minimum absolute atomic E-state index is 0.0983. The summed E-state index contributed by atoms with van der Waals surface area (Å²) >= 11 is 0. The summed E-state index contributed by atoms with van der Waals surface area (Å²) in [7, 11) is -3.88. The summed E-state index contributed by atoms with van der Waals surface area (Å²) in [5.41, 5.74) is -0.850. The molecule has 5 rings (SSSR count). The maximum absolute atomic E-state index is 13.9. The van der Waals surface area contributed by atoms with E-state index in [9.17, 15) is 27.6 Å². The quantitative estimate of drug-likeness (QED) is 0.186. The number of amides is 4. The lowest BCUT2D eigenvalue weighted by Crippen LogP contribution is -2.62. The summed E-state index contributed by atoms with van der Waals surface area (Å²) in [5, 5.41) is 14.9. The fraction of sp³-hybridized carbons (Fsp3) is 0.545. The average Bonchev–Trinajstić information content (AvgIpc) is 3.88. The average molecular weight is 684 g/mol. The van der Waals surface area contributed by atoms with Crippen LogP contribution >= 0.6 is 0 Å². The molecule has 3 fully saturated rings. The van der Waals surface area contributed by atoms with Crippen LogP contribution in [0.4, 0.5) is 10.5 Å². The van der Waals surface area contributed by atoms with E-state index in [0.29, 0.717) is 18.5 Å². The molecule has 3 aliphatic carbocycles. The molecule has 0 spiro atoms. The number of rotatable bonds is 14. The minimum atomic E-state index is -3.88. The van der Waals surface area contributed by atoms with Crippen LogP contribution in [0.1, 0.15) is 65.7 Å². The summed E-state index contributed by atoms with van der Waals surface area (Å²) < 4.78 is 34.5. The summed E-state index contributed by atoms with van der Waals surface area (Å²) in [6, 6.07) is 6.73. The van der Waals surface area contributed by atoms with Crippen molar-refractivity contribution in [2.45, 2.75) is 94.7 Å². The molecule has 0 radical (unpaired) electrons. The molecule has 3 saturated carbocycles. The highest BCUT2D eigenvalue weighted by Crippen LogP contribution is 2.45. The second kappa shape index (κ2) is 14.0. The topological polar surface area (TPSA) is 190 Å². The van der Waals surface area contributed by atoms with Gasteiger partial charge in [-0.2, -0.15) is 5.10 Å². The third-order valence-electron chi connectivity index (χ3n) is 8.99. The number of carbonyl (C=O) groups excluding carboxylic acids is 4. The van der Waals surface area contributed by atoms with Gasteiger partial charge in [-0.25, -0.2) is 17.9 Å². The molecule has 2 aromatic rings. The van der Waals surface area contributed by atoms with Crippen molar-refractivity contribution >= 4 is 39.5 Å². The first kappa shape index (κ1) is 34.9. The van der Waals surface area contributed by atoms with Gasteiger partial charge in [-0.05, 0) is 80.7 Å². The van der Waals surface area contributed by atoms with Crippen LogP contribution in [0.25, 0.3) is 5.69 Å². The smallest absolute Gasteiger partial charge is 0.408 e. The predicted octanol–water partition coefficient (Wildman–Crippen LogP) is 2.52. The third kappa shape index (κ3) is 8.35. The molecule has 15 heteroatoms. The molecular formula is C33H45N7O7S. The predicted molar refractivity (Wildman–Crippen MR) is 178 cm³/mol. The lowest BCUT2D eigenvalue weighted by molar-refractivity contribution is -0.133. The van der Waals surface area contributed by atoms with E-state index in [2.05, 4.69) is 37.7 Å². The van der Waals surface area contributed by atoms with Crippen molar-refractivity contribution in [1.82, 2.24) is 30.5 Å². The van der Waals surface area contributed by atoms with Crippen molar-refractivity contribution in [3.05, 3.63) is 55.4 Å². The Morgan fingerprint density at radius 2 is 1.75 bits per heavy atom. The van der Waals surface area contributed by atoms with Crippen molar-refractivity contribution < 1.29 is 32.3 Å². The van der Waals surface area contributed by atoms with Crippen LogP contribution in [0, 0.1) is 11.3 Å². The second-order valence-corrected chi connectivity index (χ2v) is 15.8. The number of sulfonamides is 1. The van der Waals surface area contributed by atoms with Gasteiger partial charge >= 0.3 is 6.09 Å². The summed E-state index contributed by atoms with van der Waals surface area (Å²) in [6.45, 7) is 8.97. The van der Waals surface area contributed by atoms with Crippen LogP contribution in [0.2, 0.25) is 0 Å². The van der Waals surface area contributed by atoms with Gasteiger partial charge in [0.05, 0.1) is 10.9 Å². The molecule has 4 amide bonds. The SMILES string of the molecule is C=C[C@@H]1C[C@]1(NC(=O)[C@H](CNc1ccc(-n2cccn2)cc1)NC(=O)[C@@H](NC(=O)OC1CCCC1)C(C)(C)C)C(=O)NS(=O)(=O)C1CC1. The van der Waals surface area contributed by atoms with Crippen molar-refractivity contribution in [3.63, 3.8) is 0 Å². The van der Waals surface area contributed by atoms with Crippen molar-refractivity contribution in [1.29, 1.82) is 0 Å². The highest BCUT2D eigenvalue weighted by Gasteiger charge is 2.61. The van der Waals surface area contributed by atoms with E-state index in [1.54, 1.807) is 56.0 Å². The Hall–Kier alpha value is -4.40. The van der Waals surface area contributed by atoms with E-state index in [1.165, 1.54) is 6.08 Å². The number of anilines is 1. The molecule has 260 valence electrons. The van der Waals surface area contributed by atoms with Gasteiger partial charge in [0.25, 0.3) is 5.91 Å². The van der Waals surface area contributed by atoms with E-state index in [4.69, 9.17) is 4.74 Å². The maximum atomic E-state index is 13.9. The Morgan fingerprint density at radius 3 is 2.31 bits per heavy atom. The zero-order chi connectivity index (χ0) is 34.7. The van der Waals surface area contributed by atoms with Crippen LogP contribution < -0.4 is 26.0 Å². The molecule has 0 aliphatic heterocycles. The van der Waals surface area contributed by atoms with E-state index >= 15 is 0 Å². The number of benzene rings is 1. The molecular weight excluding hydrogens is 638 g/mol. The van der Waals surface area contributed by atoms with Gasteiger partial charge in [-0.3, -0.25) is 19.1 Å². The zero-order valence-corrected chi connectivity index (χ0v) is 28.3. The van der Waals surface area contributed by atoms with E-state index in [1.807, 2.05) is 12.1 Å². The van der Waals surface area contributed by atoms with E-state index < -0.39 is 68.0 Å². The van der Waals surface area contributed by atoms with Crippen molar-refractivity contribution in [3.8, 4) is 5.69 Å². The first-order chi connectivity index (χ1) is 22.7. The molecule has 0 saturated heterocycles. The second-order valence-electron chi connectivity index (χ2n) is 13.9. The number of alkyl carbamates (subject to hydrolysis) is 1. The van der Waals surface area contributed by atoms with Crippen molar-refractivity contribution in [2.24, 2.45) is 11.3 Å². The Kier molecular flexibility index (Phi) is 10.2. The number of hydrogen-bond acceptors (Lipinski definition) is 9.